The van der Waals surface area contributed by atoms with Gasteiger partial charge in [0, 0.05) is 12.7 Å². The summed E-state index contributed by atoms with van der Waals surface area (Å²) in [7, 11) is 1.68. The zero-order valence-corrected chi connectivity index (χ0v) is 16.7. The molecule has 0 saturated carbocycles. The number of thioether (sulfide) groups is 1. The Labute approximate surface area is 162 Å². The molecular formula is C21H23N3O2S. The Bertz CT molecular complexity index is 1040. The van der Waals surface area contributed by atoms with Crippen molar-refractivity contribution in [3.63, 3.8) is 0 Å². The first kappa shape index (κ1) is 19.2. The molecule has 3 rings (SSSR count). The molecule has 0 aliphatic heterocycles. The highest BCUT2D eigenvalue weighted by molar-refractivity contribution is 8.00. The van der Waals surface area contributed by atoms with E-state index in [2.05, 4.69) is 24.1 Å². The summed E-state index contributed by atoms with van der Waals surface area (Å²) in [6.07, 6.45) is 0. The Kier molecular flexibility index (Phi) is 5.65. The second-order valence-corrected chi connectivity index (χ2v) is 8.07. The Morgan fingerprint density at radius 3 is 2.48 bits per heavy atom. The molecule has 1 N–H and O–H groups in total. The van der Waals surface area contributed by atoms with Crippen LogP contribution in [0, 0.1) is 0 Å². The molecular weight excluding hydrogens is 358 g/mol. The van der Waals surface area contributed by atoms with Gasteiger partial charge in [-0.1, -0.05) is 55.9 Å². The first-order chi connectivity index (χ1) is 12.9. The van der Waals surface area contributed by atoms with Gasteiger partial charge in [-0.05, 0) is 36.6 Å². The smallest absolute Gasteiger partial charge is 0.261 e. The molecule has 0 aliphatic rings. The molecule has 0 aliphatic carbocycles. The van der Waals surface area contributed by atoms with Gasteiger partial charge in [-0.2, -0.15) is 0 Å². The lowest BCUT2D eigenvalue weighted by atomic mass is 10.0. The standard InChI is InChI=1S/C21H23N3O2S/c1-13(2)15-9-5-7-11-17(15)22-19(25)14(3)27-21-23-18-12-8-6-10-16(18)20(26)24(21)4/h5-14H,1-4H3,(H,22,25). The third-order valence-corrected chi connectivity index (χ3v) is 5.58. The molecule has 0 saturated heterocycles. The Hall–Kier alpha value is -2.60. The summed E-state index contributed by atoms with van der Waals surface area (Å²) in [6, 6.07) is 15.1. The van der Waals surface area contributed by atoms with Crippen LogP contribution in [0.25, 0.3) is 10.9 Å². The number of rotatable bonds is 5. The van der Waals surface area contributed by atoms with E-state index < -0.39 is 5.25 Å². The molecule has 140 valence electrons. The lowest BCUT2D eigenvalue weighted by Crippen LogP contribution is -2.26. The van der Waals surface area contributed by atoms with Gasteiger partial charge in [0.05, 0.1) is 16.2 Å². The minimum atomic E-state index is -0.399. The number of hydrogen-bond donors (Lipinski definition) is 1. The van der Waals surface area contributed by atoms with Crippen LogP contribution in [0.4, 0.5) is 5.69 Å². The highest BCUT2D eigenvalue weighted by Gasteiger charge is 2.19. The fraction of sp³-hybridized carbons (Fsp3) is 0.286. The van der Waals surface area contributed by atoms with E-state index in [1.165, 1.54) is 16.3 Å². The van der Waals surface area contributed by atoms with E-state index in [-0.39, 0.29) is 11.5 Å². The van der Waals surface area contributed by atoms with Gasteiger partial charge in [-0.3, -0.25) is 14.2 Å². The molecule has 1 atom stereocenters. The van der Waals surface area contributed by atoms with Crippen molar-refractivity contribution in [3.8, 4) is 0 Å². The minimum Gasteiger partial charge on any atom is -0.325 e. The van der Waals surface area contributed by atoms with Crippen LogP contribution in [0.3, 0.4) is 0 Å². The van der Waals surface area contributed by atoms with Crippen LogP contribution in [0.1, 0.15) is 32.3 Å². The van der Waals surface area contributed by atoms with Crippen LogP contribution >= 0.6 is 11.8 Å². The summed E-state index contributed by atoms with van der Waals surface area (Å²) in [6.45, 7) is 6.01. The fourth-order valence-electron chi connectivity index (χ4n) is 2.86. The quantitative estimate of drug-likeness (QED) is 0.532. The van der Waals surface area contributed by atoms with Gasteiger partial charge in [-0.25, -0.2) is 4.98 Å². The van der Waals surface area contributed by atoms with Crippen molar-refractivity contribution in [2.75, 3.05) is 5.32 Å². The van der Waals surface area contributed by atoms with Crippen molar-refractivity contribution in [1.29, 1.82) is 0 Å². The van der Waals surface area contributed by atoms with E-state index >= 15 is 0 Å². The minimum absolute atomic E-state index is 0.110. The number of amides is 1. The summed E-state index contributed by atoms with van der Waals surface area (Å²) in [4.78, 5) is 29.8. The third kappa shape index (κ3) is 4.06. The average Bonchev–Trinajstić information content (AvgIpc) is 2.66. The number of carbonyl (C=O) groups is 1. The van der Waals surface area contributed by atoms with Crippen LogP contribution in [0.15, 0.2) is 58.5 Å². The predicted octanol–water partition coefficient (Wildman–Crippen LogP) is 4.18. The number of carbonyl (C=O) groups excluding carboxylic acids is 1. The van der Waals surface area contributed by atoms with Crippen molar-refractivity contribution in [1.82, 2.24) is 9.55 Å². The third-order valence-electron chi connectivity index (χ3n) is 4.43. The molecule has 0 fully saturated rings. The van der Waals surface area contributed by atoms with Crippen LogP contribution in [-0.2, 0) is 11.8 Å². The van der Waals surface area contributed by atoms with Crippen LogP contribution in [0.5, 0.6) is 0 Å². The Morgan fingerprint density at radius 1 is 1.07 bits per heavy atom. The van der Waals surface area contributed by atoms with Gasteiger partial charge >= 0.3 is 0 Å². The van der Waals surface area contributed by atoms with Gasteiger partial charge in [0.1, 0.15) is 0 Å². The number of fused-ring (bicyclic) bond motifs is 1. The maximum atomic E-state index is 12.7. The SMILES string of the molecule is CC(Sc1nc2ccccc2c(=O)n1C)C(=O)Nc1ccccc1C(C)C. The first-order valence-corrected chi connectivity index (χ1v) is 9.78. The number of anilines is 1. The maximum Gasteiger partial charge on any atom is 0.261 e. The lowest BCUT2D eigenvalue weighted by Gasteiger charge is -2.17. The number of hydrogen-bond acceptors (Lipinski definition) is 4. The first-order valence-electron chi connectivity index (χ1n) is 8.90. The van der Waals surface area contributed by atoms with Crippen molar-refractivity contribution in [3.05, 3.63) is 64.4 Å². The molecule has 0 radical (unpaired) electrons. The zero-order valence-electron chi connectivity index (χ0n) is 15.9. The molecule has 0 bridgehead atoms. The average molecular weight is 382 g/mol. The molecule has 3 aromatic rings. The molecule has 6 heteroatoms. The summed E-state index contributed by atoms with van der Waals surface area (Å²) >= 11 is 1.28. The highest BCUT2D eigenvalue weighted by atomic mass is 32.2. The molecule has 5 nitrogen and oxygen atoms in total. The zero-order chi connectivity index (χ0) is 19.6. The van der Waals surface area contributed by atoms with Gasteiger partial charge < -0.3 is 5.32 Å². The second-order valence-electron chi connectivity index (χ2n) is 6.77. The van der Waals surface area contributed by atoms with E-state index in [0.29, 0.717) is 22.0 Å². The number of nitrogens with one attached hydrogen (secondary N) is 1. The molecule has 1 amide bonds. The Morgan fingerprint density at radius 2 is 1.74 bits per heavy atom. The number of nitrogens with zero attached hydrogens (tertiary/aromatic N) is 2. The van der Waals surface area contributed by atoms with Crippen LogP contribution in [0.2, 0.25) is 0 Å². The van der Waals surface area contributed by atoms with Crippen molar-refractivity contribution < 1.29 is 4.79 Å². The number of para-hydroxylation sites is 2. The van der Waals surface area contributed by atoms with Gasteiger partial charge in [0.2, 0.25) is 5.91 Å². The van der Waals surface area contributed by atoms with Crippen molar-refractivity contribution >= 4 is 34.3 Å². The molecule has 1 unspecified atom stereocenters. The summed E-state index contributed by atoms with van der Waals surface area (Å²) in [5.41, 5.74) is 2.45. The Balaban J connectivity index is 1.83. The normalized spacial score (nSPS) is 12.3. The summed E-state index contributed by atoms with van der Waals surface area (Å²) in [5, 5.41) is 3.71. The van der Waals surface area contributed by atoms with E-state index in [0.717, 1.165) is 11.3 Å². The predicted molar refractivity (Wildman–Crippen MR) is 111 cm³/mol. The van der Waals surface area contributed by atoms with Gasteiger partial charge in [0.15, 0.2) is 5.16 Å². The molecule has 1 aromatic heterocycles. The maximum absolute atomic E-state index is 12.7. The van der Waals surface area contributed by atoms with Crippen LogP contribution < -0.4 is 10.9 Å². The molecule has 0 spiro atoms. The highest BCUT2D eigenvalue weighted by Crippen LogP contribution is 2.26. The molecule has 1 heterocycles. The van der Waals surface area contributed by atoms with E-state index in [9.17, 15) is 9.59 Å². The van der Waals surface area contributed by atoms with Gasteiger partial charge in [0.25, 0.3) is 5.56 Å². The molecule has 27 heavy (non-hydrogen) atoms. The summed E-state index contributed by atoms with van der Waals surface area (Å²) in [5.74, 6) is 0.197. The molecule has 2 aromatic carbocycles. The topological polar surface area (TPSA) is 64.0 Å². The fourth-order valence-corrected chi connectivity index (χ4v) is 3.74. The monoisotopic (exact) mass is 381 g/mol. The van der Waals surface area contributed by atoms with Crippen molar-refractivity contribution in [2.24, 2.45) is 7.05 Å². The lowest BCUT2D eigenvalue weighted by molar-refractivity contribution is -0.115. The van der Waals surface area contributed by atoms with E-state index in [4.69, 9.17) is 0 Å². The second kappa shape index (κ2) is 7.96. The van der Waals surface area contributed by atoms with E-state index in [1.54, 1.807) is 13.1 Å². The largest absolute Gasteiger partial charge is 0.325 e. The number of benzene rings is 2. The van der Waals surface area contributed by atoms with Gasteiger partial charge in [-0.15, -0.1) is 0 Å². The van der Waals surface area contributed by atoms with E-state index in [1.807, 2.05) is 49.4 Å². The summed E-state index contributed by atoms with van der Waals surface area (Å²) < 4.78 is 1.50. The van der Waals surface area contributed by atoms with Crippen molar-refractivity contribution in [2.45, 2.75) is 37.1 Å². The van der Waals surface area contributed by atoms with Crippen LogP contribution in [-0.4, -0.2) is 20.7 Å². The number of aromatic nitrogens is 2.